The number of carbonyl (C=O) groups is 1. The number of rotatable bonds is 2. The Kier molecular flexibility index (Phi) is 2.25. The Morgan fingerprint density at radius 3 is 2.79 bits per heavy atom. The van der Waals surface area contributed by atoms with E-state index in [0.717, 1.165) is 22.2 Å². The predicted octanol–water partition coefficient (Wildman–Crippen LogP) is 2.78. The van der Waals surface area contributed by atoms with Crippen LogP contribution in [0.15, 0.2) is 24.3 Å². The normalized spacial score (nSPS) is 10.4. The van der Waals surface area contributed by atoms with Gasteiger partial charge in [0.2, 0.25) is 0 Å². The molecule has 2 nitrogen and oxygen atoms in total. The summed E-state index contributed by atoms with van der Waals surface area (Å²) in [6, 6.07) is 8.06. The number of thiophene rings is 1. The van der Waals surface area contributed by atoms with Gasteiger partial charge >= 0.3 is 0 Å². The van der Waals surface area contributed by atoms with Crippen LogP contribution in [0, 0.1) is 0 Å². The van der Waals surface area contributed by atoms with Crippen molar-refractivity contribution >= 4 is 33.4 Å². The maximum absolute atomic E-state index is 10.7. The molecule has 0 atom stereocenters. The quantitative estimate of drug-likeness (QED) is 0.703. The molecule has 0 saturated carbocycles. The van der Waals surface area contributed by atoms with Gasteiger partial charge in [0, 0.05) is 29.9 Å². The molecule has 2 aromatic rings. The highest BCUT2D eigenvalue weighted by Gasteiger charge is 2.06. The Morgan fingerprint density at radius 1 is 1.36 bits per heavy atom. The summed E-state index contributed by atoms with van der Waals surface area (Å²) in [5.41, 5.74) is 1.16. The Bertz CT molecular complexity index is 473. The monoisotopic (exact) mass is 205 g/mol. The fraction of sp³-hybridized carbons (Fsp3) is 0.182. The molecule has 3 heteroatoms. The van der Waals surface area contributed by atoms with E-state index in [0.29, 0.717) is 0 Å². The Balaban J connectivity index is 2.72. The van der Waals surface area contributed by atoms with Crippen molar-refractivity contribution < 1.29 is 4.79 Å². The summed E-state index contributed by atoms with van der Waals surface area (Å²) >= 11 is 1.53. The van der Waals surface area contributed by atoms with Crippen molar-refractivity contribution in [3.63, 3.8) is 0 Å². The Hall–Kier alpha value is -1.35. The molecule has 1 heterocycles. The number of aldehydes is 1. The van der Waals surface area contributed by atoms with E-state index < -0.39 is 0 Å². The maximum Gasteiger partial charge on any atom is 0.160 e. The van der Waals surface area contributed by atoms with Gasteiger partial charge in [0.25, 0.3) is 0 Å². The van der Waals surface area contributed by atoms with E-state index in [1.807, 2.05) is 32.3 Å². The van der Waals surface area contributed by atoms with Gasteiger partial charge in [-0.3, -0.25) is 4.79 Å². The molecule has 72 valence electrons. The van der Waals surface area contributed by atoms with E-state index >= 15 is 0 Å². The van der Waals surface area contributed by atoms with Crippen molar-refractivity contribution in [2.75, 3.05) is 19.0 Å². The number of hydrogen-bond donors (Lipinski definition) is 0. The van der Waals surface area contributed by atoms with E-state index in [1.165, 1.54) is 16.0 Å². The highest BCUT2D eigenvalue weighted by Crippen LogP contribution is 2.31. The van der Waals surface area contributed by atoms with Crippen molar-refractivity contribution in [2.45, 2.75) is 0 Å². The summed E-state index contributed by atoms with van der Waals surface area (Å²) in [6.07, 6.45) is 0.907. The minimum absolute atomic E-state index is 0.786. The Morgan fingerprint density at radius 2 is 2.14 bits per heavy atom. The molecular formula is C11H11NOS. The third-order valence-corrected chi connectivity index (χ3v) is 3.18. The zero-order valence-electron chi connectivity index (χ0n) is 8.15. The number of benzene rings is 1. The van der Waals surface area contributed by atoms with Gasteiger partial charge in [-0.25, -0.2) is 0 Å². The molecule has 0 aliphatic rings. The lowest BCUT2D eigenvalue weighted by Gasteiger charge is -2.13. The number of fused-ring (bicyclic) bond motifs is 1. The number of carbonyl (C=O) groups excluding carboxylic acids is 1. The number of nitrogens with zero attached hydrogens (tertiary/aromatic N) is 1. The number of hydrogen-bond acceptors (Lipinski definition) is 3. The molecule has 0 amide bonds. The summed E-state index contributed by atoms with van der Waals surface area (Å²) in [5, 5.41) is 1.16. The minimum Gasteiger partial charge on any atom is -0.377 e. The van der Waals surface area contributed by atoms with Crippen LogP contribution in [0.5, 0.6) is 0 Å². The zero-order valence-corrected chi connectivity index (χ0v) is 8.97. The Labute approximate surface area is 86.8 Å². The van der Waals surface area contributed by atoms with Crippen LogP contribution in [-0.2, 0) is 0 Å². The van der Waals surface area contributed by atoms with Crippen LogP contribution in [-0.4, -0.2) is 20.4 Å². The van der Waals surface area contributed by atoms with Gasteiger partial charge in [-0.15, -0.1) is 11.3 Å². The molecule has 0 aliphatic carbocycles. The first-order valence-corrected chi connectivity index (χ1v) is 5.19. The van der Waals surface area contributed by atoms with Gasteiger partial charge < -0.3 is 4.90 Å². The third-order valence-electron chi connectivity index (χ3n) is 2.16. The summed E-state index contributed by atoms with van der Waals surface area (Å²) in [4.78, 5) is 13.5. The molecule has 0 aliphatic heterocycles. The van der Waals surface area contributed by atoms with Gasteiger partial charge in [-0.2, -0.15) is 0 Å². The SMILES string of the molecule is CN(C)c1cccc2sc(C=O)cc12. The molecule has 0 unspecified atom stereocenters. The van der Waals surface area contributed by atoms with Crippen molar-refractivity contribution in [3.8, 4) is 0 Å². The first-order chi connectivity index (χ1) is 6.72. The first kappa shape index (κ1) is 9.21. The fourth-order valence-corrected chi connectivity index (χ4v) is 2.41. The molecule has 1 aromatic heterocycles. The lowest BCUT2D eigenvalue weighted by Crippen LogP contribution is -2.08. The second-order valence-corrected chi connectivity index (χ2v) is 4.47. The maximum atomic E-state index is 10.7. The van der Waals surface area contributed by atoms with E-state index in [-0.39, 0.29) is 0 Å². The fourth-order valence-electron chi connectivity index (χ4n) is 1.51. The molecule has 0 fully saturated rings. The highest BCUT2D eigenvalue weighted by molar-refractivity contribution is 7.20. The average Bonchev–Trinajstić information content (AvgIpc) is 2.59. The summed E-state index contributed by atoms with van der Waals surface area (Å²) in [6.45, 7) is 0. The lowest BCUT2D eigenvalue weighted by molar-refractivity contribution is 0.112. The topological polar surface area (TPSA) is 20.3 Å². The highest BCUT2D eigenvalue weighted by atomic mass is 32.1. The van der Waals surface area contributed by atoms with Gasteiger partial charge in [-0.1, -0.05) is 6.07 Å². The molecule has 0 spiro atoms. The van der Waals surface area contributed by atoms with Crippen molar-refractivity contribution in [3.05, 3.63) is 29.1 Å². The molecule has 0 radical (unpaired) electrons. The van der Waals surface area contributed by atoms with E-state index in [9.17, 15) is 4.79 Å². The second-order valence-electron chi connectivity index (χ2n) is 3.35. The second kappa shape index (κ2) is 3.42. The molecular weight excluding hydrogens is 194 g/mol. The predicted molar refractivity (Wildman–Crippen MR) is 61.5 cm³/mol. The van der Waals surface area contributed by atoms with Crippen LogP contribution in [0.4, 0.5) is 5.69 Å². The van der Waals surface area contributed by atoms with Gasteiger partial charge in [0.1, 0.15) is 0 Å². The molecule has 0 saturated heterocycles. The summed E-state index contributed by atoms with van der Waals surface area (Å²) in [7, 11) is 4.01. The van der Waals surface area contributed by atoms with Crippen LogP contribution in [0.2, 0.25) is 0 Å². The van der Waals surface area contributed by atoms with Crippen LogP contribution in [0.1, 0.15) is 9.67 Å². The third kappa shape index (κ3) is 1.40. The van der Waals surface area contributed by atoms with Gasteiger partial charge in [0.05, 0.1) is 4.88 Å². The number of anilines is 1. The molecule has 1 aromatic carbocycles. The molecule has 2 rings (SSSR count). The minimum atomic E-state index is 0.786. The van der Waals surface area contributed by atoms with Gasteiger partial charge in [0.15, 0.2) is 6.29 Å². The standard InChI is InChI=1S/C11H11NOS/c1-12(2)10-4-3-5-11-9(10)6-8(7-13)14-11/h3-7H,1-2H3. The van der Waals surface area contributed by atoms with Crippen molar-refractivity contribution in [1.82, 2.24) is 0 Å². The summed E-state index contributed by atoms with van der Waals surface area (Å²) < 4.78 is 1.17. The van der Waals surface area contributed by atoms with Crippen LogP contribution < -0.4 is 4.90 Å². The summed E-state index contributed by atoms with van der Waals surface area (Å²) in [5.74, 6) is 0. The van der Waals surface area contributed by atoms with Crippen LogP contribution in [0.3, 0.4) is 0 Å². The lowest BCUT2D eigenvalue weighted by atomic mass is 10.2. The van der Waals surface area contributed by atoms with E-state index in [4.69, 9.17) is 0 Å². The molecule has 0 bridgehead atoms. The zero-order chi connectivity index (χ0) is 10.1. The molecule has 0 N–H and O–H groups in total. The van der Waals surface area contributed by atoms with E-state index in [1.54, 1.807) is 0 Å². The molecule has 14 heavy (non-hydrogen) atoms. The van der Waals surface area contributed by atoms with Crippen LogP contribution >= 0.6 is 11.3 Å². The van der Waals surface area contributed by atoms with Crippen LogP contribution in [0.25, 0.3) is 10.1 Å². The average molecular weight is 205 g/mol. The first-order valence-electron chi connectivity index (χ1n) is 4.37. The van der Waals surface area contributed by atoms with Crippen molar-refractivity contribution in [1.29, 1.82) is 0 Å². The van der Waals surface area contributed by atoms with E-state index in [2.05, 4.69) is 11.0 Å². The van der Waals surface area contributed by atoms with Crippen molar-refractivity contribution in [2.24, 2.45) is 0 Å². The smallest absolute Gasteiger partial charge is 0.160 e. The largest absolute Gasteiger partial charge is 0.377 e. The van der Waals surface area contributed by atoms with Gasteiger partial charge in [-0.05, 0) is 18.2 Å².